The van der Waals surface area contributed by atoms with Gasteiger partial charge in [0.2, 0.25) is 0 Å². The molecule has 0 nitrogen and oxygen atoms in total. The molecule has 1 unspecified atom stereocenters. The van der Waals surface area contributed by atoms with Gasteiger partial charge in [0, 0.05) is 5.75 Å². The second-order valence-electron chi connectivity index (χ2n) is 2.90. The molecule has 0 aliphatic heterocycles. The zero-order valence-corrected chi connectivity index (χ0v) is 6.79. The summed E-state index contributed by atoms with van der Waals surface area (Å²) < 4.78 is 0. The average Bonchev–Trinajstić information content (AvgIpc) is 1.65. The summed E-state index contributed by atoms with van der Waals surface area (Å²) in [4.78, 5) is 0. The average molecular weight is 131 g/mol. The van der Waals surface area contributed by atoms with Crippen molar-refractivity contribution in [3.8, 4) is 0 Å². The van der Waals surface area contributed by atoms with Gasteiger partial charge in [0.15, 0.2) is 0 Å². The first-order valence-electron chi connectivity index (χ1n) is 3.25. The number of rotatable bonds is 3. The predicted molar refractivity (Wildman–Crippen MR) is 41.1 cm³/mol. The Morgan fingerprint density at radius 2 is 1.75 bits per heavy atom. The van der Waals surface area contributed by atoms with Gasteiger partial charge >= 0.3 is 0 Å². The van der Waals surface area contributed by atoms with Gasteiger partial charge in [-0.1, -0.05) is 33.4 Å². The van der Waals surface area contributed by atoms with Crippen LogP contribution >= 0.6 is 12.6 Å². The Bertz CT molecular complexity index is 50.3. The zero-order valence-electron chi connectivity index (χ0n) is 5.98. The van der Waals surface area contributed by atoms with Crippen LogP contribution in [0, 0.1) is 11.8 Å². The molecule has 0 aromatic heterocycles. The van der Waals surface area contributed by atoms with Crippen molar-refractivity contribution in [2.45, 2.75) is 27.2 Å². The molecular formula is C7H15S. The highest BCUT2D eigenvalue weighted by Crippen LogP contribution is 2.11. The molecule has 0 spiro atoms. The Morgan fingerprint density at radius 1 is 1.25 bits per heavy atom. The highest BCUT2D eigenvalue weighted by Gasteiger charge is 2.01. The summed E-state index contributed by atoms with van der Waals surface area (Å²) in [5, 5.41) is 0. The van der Waals surface area contributed by atoms with Crippen LogP contribution in [0.4, 0.5) is 0 Å². The Kier molecular flexibility index (Phi) is 4.44. The van der Waals surface area contributed by atoms with E-state index in [1.165, 1.54) is 6.42 Å². The molecule has 0 amide bonds. The van der Waals surface area contributed by atoms with E-state index in [4.69, 9.17) is 12.6 Å². The van der Waals surface area contributed by atoms with Crippen molar-refractivity contribution < 1.29 is 0 Å². The van der Waals surface area contributed by atoms with E-state index in [1.807, 2.05) is 0 Å². The standard InChI is InChI=1S/C7H15S/c1-6(2)4-7(3)5-8/h6-7H,4-5H2,1-3H3. The molecule has 0 aromatic carbocycles. The molecule has 1 radical (unpaired) electrons. The predicted octanol–water partition coefficient (Wildman–Crippen LogP) is 2.87. The fourth-order valence-electron chi connectivity index (χ4n) is 0.873. The number of hydrogen-bond acceptors (Lipinski definition) is 0. The maximum Gasteiger partial charge on any atom is 0.00627 e. The Balaban J connectivity index is 3.10. The van der Waals surface area contributed by atoms with Crippen molar-refractivity contribution in [3.05, 3.63) is 0 Å². The SMILES string of the molecule is CC(C)CC(C)C[S]. The third-order valence-electron chi connectivity index (χ3n) is 1.16. The molecule has 1 atom stereocenters. The van der Waals surface area contributed by atoms with Gasteiger partial charge in [-0.25, -0.2) is 0 Å². The molecule has 1 heteroatoms. The minimum Gasteiger partial charge on any atom is -0.0939 e. The second kappa shape index (κ2) is 4.25. The van der Waals surface area contributed by atoms with Gasteiger partial charge in [0.05, 0.1) is 0 Å². The molecule has 0 rings (SSSR count). The Hall–Kier alpha value is 0.350. The highest BCUT2D eigenvalue weighted by atomic mass is 32.1. The molecule has 49 valence electrons. The lowest BCUT2D eigenvalue weighted by molar-refractivity contribution is 0.475. The van der Waals surface area contributed by atoms with Crippen molar-refractivity contribution in [1.82, 2.24) is 0 Å². The summed E-state index contributed by atoms with van der Waals surface area (Å²) >= 11 is 4.89. The maximum atomic E-state index is 4.89. The molecule has 0 aliphatic carbocycles. The molecule has 0 N–H and O–H groups in total. The van der Waals surface area contributed by atoms with Crippen LogP contribution in [0.1, 0.15) is 27.2 Å². The topological polar surface area (TPSA) is 0 Å². The van der Waals surface area contributed by atoms with E-state index in [0.717, 1.165) is 17.6 Å². The summed E-state index contributed by atoms with van der Waals surface area (Å²) in [6, 6.07) is 0. The van der Waals surface area contributed by atoms with Crippen LogP contribution in [-0.4, -0.2) is 5.75 Å². The minimum atomic E-state index is 0.741. The zero-order chi connectivity index (χ0) is 6.57. The lowest BCUT2D eigenvalue weighted by Crippen LogP contribution is -2.00. The Morgan fingerprint density at radius 3 is 1.88 bits per heavy atom. The Labute approximate surface area is 58.1 Å². The molecule has 0 fully saturated rings. The van der Waals surface area contributed by atoms with Crippen LogP contribution < -0.4 is 0 Å². The summed E-state index contributed by atoms with van der Waals surface area (Å²) in [5.41, 5.74) is 0. The van der Waals surface area contributed by atoms with E-state index in [1.54, 1.807) is 0 Å². The van der Waals surface area contributed by atoms with E-state index in [-0.39, 0.29) is 0 Å². The fraction of sp³-hybridized carbons (Fsp3) is 1.00. The third-order valence-corrected chi connectivity index (χ3v) is 1.73. The van der Waals surface area contributed by atoms with Crippen molar-refractivity contribution >= 4 is 12.6 Å². The van der Waals surface area contributed by atoms with Crippen LogP contribution in [0.5, 0.6) is 0 Å². The first-order valence-corrected chi connectivity index (χ1v) is 3.82. The summed E-state index contributed by atoms with van der Waals surface area (Å²) in [7, 11) is 0. The van der Waals surface area contributed by atoms with Gasteiger partial charge in [-0.05, 0) is 18.3 Å². The first-order chi connectivity index (χ1) is 3.66. The normalized spacial score (nSPS) is 14.6. The molecule has 0 heterocycles. The van der Waals surface area contributed by atoms with Crippen molar-refractivity contribution in [2.24, 2.45) is 11.8 Å². The molecule has 0 aliphatic rings. The van der Waals surface area contributed by atoms with Crippen molar-refractivity contribution in [1.29, 1.82) is 0 Å². The molecule has 0 saturated carbocycles. The van der Waals surface area contributed by atoms with Crippen molar-refractivity contribution in [3.63, 3.8) is 0 Å². The third kappa shape index (κ3) is 4.51. The summed E-state index contributed by atoms with van der Waals surface area (Å²) in [6.45, 7) is 6.69. The van der Waals surface area contributed by atoms with E-state index in [2.05, 4.69) is 20.8 Å². The largest absolute Gasteiger partial charge is 0.0939 e. The van der Waals surface area contributed by atoms with E-state index >= 15 is 0 Å². The van der Waals surface area contributed by atoms with E-state index in [9.17, 15) is 0 Å². The number of hydrogen-bond donors (Lipinski definition) is 0. The van der Waals surface area contributed by atoms with Gasteiger partial charge in [0.25, 0.3) is 0 Å². The van der Waals surface area contributed by atoms with Gasteiger partial charge in [0.1, 0.15) is 0 Å². The minimum absolute atomic E-state index is 0.741. The molecular weight excluding hydrogens is 116 g/mol. The van der Waals surface area contributed by atoms with E-state index in [0.29, 0.717) is 0 Å². The van der Waals surface area contributed by atoms with Crippen LogP contribution in [0.15, 0.2) is 0 Å². The maximum absolute atomic E-state index is 4.89. The molecule has 0 bridgehead atoms. The quantitative estimate of drug-likeness (QED) is 0.552. The monoisotopic (exact) mass is 131 g/mol. The van der Waals surface area contributed by atoms with Crippen LogP contribution in [0.2, 0.25) is 0 Å². The van der Waals surface area contributed by atoms with Gasteiger partial charge in [-0.3, -0.25) is 0 Å². The smallest absolute Gasteiger partial charge is 0.00627 e. The van der Waals surface area contributed by atoms with Crippen molar-refractivity contribution in [2.75, 3.05) is 5.75 Å². The highest BCUT2D eigenvalue weighted by molar-refractivity contribution is 7.80. The fourth-order valence-corrected chi connectivity index (χ4v) is 1.01. The van der Waals surface area contributed by atoms with Gasteiger partial charge < -0.3 is 0 Å². The van der Waals surface area contributed by atoms with E-state index < -0.39 is 0 Å². The van der Waals surface area contributed by atoms with Crippen LogP contribution in [0.25, 0.3) is 0 Å². The van der Waals surface area contributed by atoms with Gasteiger partial charge in [-0.15, -0.1) is 0 Å². The second-order valence-corrected chi connectivity index (χ2v) is 3.23. The molecule has 0 saturated heterocycles. The molecule has 0 aromatic rings. The van der Waals surface area contributed by atoms with Gasteiger partial charge in [-0.2, -0.15) is 0 Å². The summed E-state index contributed by atoms with van der Waals surface area (Å²) in [6.07, 6.45) is 1.28. The summed E-state index contributed by atoms with van der Waals surface area (Å²) in [5.74, 6) is 2.47. The lowest BCUT2D eigenvalue weighted by Gasteiger charge is -2.08. The lowest BCUT2D eigenvalue weighted by atomic mass is 10.0. The first kappa shape index (κ1) is 8.35. The molecule has 8 heavy (non-hydrogen) atoms. The van der Waals surface area contributed by atoms with Crippen LogP contribution in [0.3, 0.4) is 0 Å². The van der Waals surface area contributed by atoms with Crippen LogP contribution in [-0.2, 0) is 0 Å².